The molecule has 0 atom stereocenters. The molecule has 1 N–H and O–H groups in total. The average molecular weight is 404 g/mol. The van der Waals surface area contributed by atoms with Crippen LogP contribution in [0.25, 0.3) is 0 Å². The number of hydrogen-bond acceptors (Lipinski definition) is 6. The van der Waals surface area contributed by atoms with E-state index < -0.39 is 40.2 Å². The number of nitro benzene ring substituents is 1. The zero-order valence-corrected chi connectivity index (χ0v) is 13.9. The quantitative estimate of drug-likeness (QED) is 0.465. The number of nitrogens with zero attached hydrogens (tertiary/aromatic N) is 2. The fraction of sp³-hybridized carbons (Fsp3) is 0.133. The molecule has 12 heteroatoms. The molecule has 0 aliphatic heterocycles. The van der Waals surface area contributed by atoms with Gasteiger partial charge in [-0.05, 0) is 18.2 Å². The lowest BCUT2D eigenvalue weighted by Crippen LogP contribution is -2.22. The second kappa shape index (κ2) is 7.99. The molecule has 0 saturated heterocycles. The van der Waals surface area contributed by atoms with Crippen molar-refractivity contribution in [1.29, 1.82) is 0 Å². The van der Waals surface area contributed by atoms with Gasteiger partial charge in [-0.25, -0.2) is 9.78 Å². The fourth-order valence-electron chi connectivity index (χ4n) is 1.79. The number of alkyl halides is 3. The third kappa shape index (κ3) is 5.38. The number of halogens is 4. The van der Waals surface area contributed by atoms with Crippen LogP contribution in [-0.2, 0) is 15.7 Å². The van der Waals surface area contributed by atoms with E-state index in [0.717, 1.165) is 24.3 Å². The van der Waals surface area contributed by atoms with Gasteiger partial charge in [0.1, 0.15) is 0 Å². The molecular weight excluding hydrogens is 395 g/mol. The molecule has 8 nitrogen and oxygen atoms in total. The van der Waals surface area contributed by atoms with Crippen LogP contribution in [0.4, 0.5) is 24.7 Å². The Labute approximate surface area is 154 Å². The Morgan fingerprint density at radius 2 is 1.89 bits per heavy atom. The summed E-state index contributed by atoms with van der Waals surface area (Å²) in [4.78, 5) is 36.8. The zero-order valence-electron chi connectivity index (χ0n) is 13.1. The van der Waals surface area contributed by atoms with Gasteiger partial charge >= 0.3 is 12.1 Å². The van der Waals surface area contributed by atoms with Gasteiger partial charge in [-0.1, -0.05) is 11.6 Å². The van der Waals surface area contributed by atoms with Gasteiger partial charge in [-0.15, -0.1) is 0 Å². The monoisotopic (exact) mass is 403 g/mol. The van der Waals surface area contributed by atoms with Gasteiger partial charge in [-0.2, -0.15) is 13.2 Å². The minimum Gasteiger partial charge on any atom is -0.452 e. The van der Waals surface area contributed by atoms with Crippen molar-refractivity contribution in [1.82, 2.24) is 4.98 Å². The van der Waals surface area contributed by atoms with E-state index in [4.69, 9.17) is 16.3 Å². The van der Waals surface area contributed by atoms with Crippen LogP contribution in [0, 0.1) is 10.1 Å². The van der Waals surface area contributed by atoms with Crippen molar-refractivity contribution in [2.75, 3.05) is 11.9 Å². The minimum atomic E-state index is -4.64. The number of aromatic nitrogens is 1. The summed E-state index contributed by atoms with van der Waals surface area (Å²) < 4.78 is 42.3. The molecule has 1 aromatic heterocycles. The van der Waals surface area contributed by atoms with Crippen LogP contribution in [0.1, 0.15) is 15.9 Å². The predicted molar refractivity (Wildman–Crippen MR) is 86.3 cm³/mol. The molecule has 142 valence electrons. The number of pyridine rings is 1. The molecule has 0 aliphatic carbocycles. The van der Waals surface area contributed by atoms with Crippen molar-refractivity contribution in [2.45, 2.75) is 6.18 Å². The molecule has 27 heavy (non-hydrogen) atoms. The number of ether oxygens (including phenoxy) is 1. The summed E-state index contributed by atoms with van der Waals surface area (Å²) in [7, 11) is 0. The first-order chi connectivity index (χ1) is 12.6. The van der Waals surface area contributed by atoms with Crippen LogP contribution in [0.5, 0.6) is 0 Å². The van der Waals surface area contributed by atoms with E-state index in [9.17, 15) is 32.9 Å². The Balaban J connectivity index is 1.94. The molecule has 0 aliphatic rings. The predicted octanol–water partition coefficient (Wildman–Crippen LogP) is 3.46. The standard InChI is InChI=1S/C15H9ClF3N3O5/c16-11-5-9(15(17,18)19)6-20-13(11)21-12(23)7-27-14(24)8-1-3-10(4-2-8)22(25)26/h1-6H,7H2,(H,20,21,23). The maximum absolute atomic E-state index is 12.5. The number of nitro groups is 1. The van der Waals surface area contributed by atoms with Gasteiger partial charge in [0.25, 0.3) is 11.6 Å². The number of carbonyl (C=O) groups excluding carboxylic acids is 2. The topological polar surface area (TPSA) is 111 Å². The van der Waals surface area contributed by atoms with Crippen molar-refractivity contribution < 1.29 is 32.4 Å². The van der Waals surface area contributed by atoms with Gasteiger partial charge < -0.3 is 10.1 Å². The molecule has 0 saturated carbocycles. The molecule has 0 spiro atoms. The van der Waals surface area contributed by atoms with Crippen LogP contribution in [-0.4, -0.2) is 28.4 Å². The third-order valence-electron chi connectivity index (χ3n) is 3.07. The number of non-ortho nitro benzene ring substituents is 1. The summed E-state index contributed by atoms with van der Waals surface area (Å²) in [6.45, 7) is -0.769. The van der Waals surface area contributed by atoms with Crippen molar-refractivity contribution in [3.63, 3.8) is 0 Å². The number of amides is 1. The fourth-order valence-corrected chi connectivity index (χ4v) is 2.00. The molecule has 1 aromatic carbocycles. The molecule has 1 amide bonds. The molecule has 0 radical (unpaired) electrons. The summed E-state index contributed by atoms with van der Waals surface area (Å²) in [6, 6.07) is 5.05. The number of nitrogens with one attached hydrogen (secondary N) is 1. The van der Waals surface area contributed by atoms with Crippen LogP contribution in [0.2, 0.25) is 5.02 Å². The zero-order chi connectivity index (χ0) is 20.2. The number of anilines is 1. The SMILES string of the molecule is O=C(COC(=O)c1ccc([N+](=O)[O-])cc1)Nc1ncc(C(F)(F)F)cc1Cl. The van der Waals surface area contributed by atoms with Crippen molar-refractivity contribution in [2.24, 2.45) is 0 Å². The van der Waals surface area contributed by atoms with Crippen LogP contribution < -0.4 is 5.32 Å². The second-order valence-electron chi connectivity index (χ2n) is 4.98. The molecule has 0 fully saturated rings. The molecule has 2 aromatic rings. The Hall–Kier alpha value is -3.21. The van der Waals surface area contributed by atoms with Gasteiger partial charge in [0, 0.05) is 18.3 Å². The highest BCUT2D eigenvalue weighted by Crippen LogP contribution is 2.32. The Kier molecular flexibility index (Phi) is 5.95. The van der Waals surface area contributed by atoms with E-state index in [1.165, 1.54) is 0 Å². The number of carbonyl (C=O) groups is 2. The van der Waals surface area contributed by atoms with Gasteiger partial charge in [0.2, 0.25) is 0 Å². The Morgan fingerprint density at radius 1 is 1.26 bits per heavy atom. The van der Waals surface area contributed by atoms with E-state index in [1.54, 1.807) is 0 Å². The van der Waals surface area contributed by atoms with Crippen molar-refractivity contribution >= 4 is 35.0 Å². The average Bonchev–Trinajstić information content (AvgIpc) is 2.60. The summed E-state index contributed by atoms with van der Waals surface area (Å²) in [5.74, 6) is -2.15. The first-order valence-corrected chi connectivity index (χ1v) is 7.40. The van der Waals surface area contributed by atoms with E-state index in [2.05, 4.69) is 10.3 Å². The molecule has 2 rings (SSSR count). The highest BCUT2D eigenvalue weighted by atomic mass is 35.5. The molecule has 0 bridgehead atoms. The normalized spacial score (nSPS) is 11.0. The summed E-state index contributed by atoms with van der Waals surface area (Å²) in [5.41, 5.74) is -1.35. The number of hydrogen-bond donors (Lipinski definition) is 1. The highest BCUT2D eigenvalue weighted by molar-refractivity contribution is 6.33. The minimum absolute atomic E-state index is 0.0286. The number of benzene rings is 1. The maximum atomic E-state index is 12.5. The largest absolute Gasteiger partial charge is 0.452 e. The lowest BCUT2D eigenvalue weighted by atomic mass is 10.2. The second-order valence-corrected chi connectivity index (χ2v) is 5.39. The first-order valence-electron chi connectivity index (χ1n) is 7.02. The molecule has 1 heterocycles. The van der Waals surface area contributed by atoms with E-state index in [0.29, 0.717) is 12.3 Å². The van der Waals surface area contributed by atoms with Crippen LogP contribution in [0.3, 0.4) is 0 Å². The lowest BCUT2D eigenvalue weighted by Gasteiger charge is -2.10. The van der Waals surface area contributed by atoms with E-state index in [-0.39, 0.29) is 17.1 Å². The number of esters is 1. The van der Waals surface area contributed by atoms with Crippen LogP contribution >= 0.6 is 11.6 Å². The Morgan fingerprint density at radius 3 is 2.41 bits per heavy atom. The van der Waals surface area contributed by atoms with Crippen molar-refractivity contribution in [3.8, 4) is 0 Å². The number of rotatable bonds is 5. The smallest absolute Gasteiger partial charge is 0.417 e. The Bertz CT molecular complexity index is 887. The first kappa shape index (κ1) is 20.1. The summed E-state index contributed by atoms with van der Waals surface area (Å²) >= 11 is 5.64. The summed E-state index contributed by atoms with van der Waals surface area (Å²) in [6.07, 6.45) is -4.15. The van der Waals surface area contributed by atoms with Gasteiger partial charge in [0.15, 0.2) is 12.4 Å². The molecule has 0 unspecified atom stereocenters. The van der Waals surface area contributed by atoms with Gasteiger partial charge in [-0.3, -0.25) is 14.9 Å². The van der Waals surface area contributed by atoms with E-state index in [1.807, 2.05) is 0 Å². The van der Waals surface area contributed by atoms with E-state index >= 15 is 0 Å². The van der Waals surface area contributed by atoms with Crippen LogP contribution in [0.15, 0.2) is 36.5 Å². The lowest BCUT2D eigenvalue weighted by molar-refractivity contribution is -0.384. The third-order valence-corrected chi connectivity index (χ3v) is 3.36. The van der Waals surface area contributed by atoms with Crippen molar-refractivity contribution in [3.05, 3.63) is 62.8 Å². The molecular formula is C15H9ClF3N3O5. The summed E-state index contributed by atoms with van der Waals surface area (Å²) in [5, 5.41) is 12.2. The highest BCUT2D eigenvalue weighted by Gasteiger charge is 2.31. The van der Waals surface area contributed by atoms with Gasteiger partial charge in [0.05, 0.1) is 21.1 Å². The maximum Gasteiger partial charge on any atom is 0.417 e.